The summed E-state index contributed by atoms with van der Waals surface area (Å²) in [5, 5.41) is 10.1. The van der Waals surface area contributed by atoms with Gasteiger partial charge in [-0.15, -0.1) is 0 Å². The topological polar surface area (TPSA) is 57.6 Å². The SMILES string of the molecule is O=S1(=O)CCN(CC(O)c2ccc(Br)cc2)CC1. The number of rotatable bonds is 3. The summed E-state index contributed by atoms with van der Waals surface area (Å²) in [6, 6.07) is 7.52. The largest absolute Gasteiger partial charge is 0.387 e. The Morgan fingerprint density at radius 1 is 1.22 bits per heavy atom. The maximum atomic E-state index is 11.3. The molecular formula is C12H16BrNO3S. The molecule has 0 spiro atoms. The first-order valence-electron chi connectivity index (χ1n) is 5.82. The minimum absolute atomic E-state index is 0.195. The number of aliphatic hydroxyl groups is 1. The van der Waals surface area contributed by atoms with E-state index in [-0.39, 0.29) is 11.5 Å². The van der Waals surface area contributed by atoms with E-state index in [1.54, 1.807) is 0 Å². The van der Waals surface area contributed by atoms with Crippen LogP contribution in [-0.4, -0.2) is 49.6 Å². The van der Waals surface area contributed by atoms with Gasteiger partial charge in [0, 0.05) is 24.1 Å². The molecule has 0 amide bonds. The minimum Gasteiger partial charge on any atom is -0.387 e. The van der Waals surface area contributed by atoms with Crippen molar-refractivity contribution in [3.05, 3.63) is 34.3 Å². The monoisotopic (exact) mass is 333 g/mol. The van der Waals surface area contributed by atoms with Crippen LogP contribution in [0, 0.1) is 0 Å². The molecule has 2 rings (SSSR count). The first-order chi connectivity index (χ1) is 8.46. The molecule has 4 nitrogen and oxygen atoms in total. The molecule has 0 aromatic heterocycles. The predicted octanol–water partition coefficient (Wildman–Crippen LogP) is 1.21. The minimum atomic E-state index is -2.85. The van der Waals surface area contributed by atoms with Crippen molar-refractivity contribution < 1.29 is 13.5 Å². The van der Waals surface area contributed by atoms with Gasteiger partial charge in [0.15, 0.2) is 9.84 Å². The Bertz CT molecular complexity index is 487. The van der Waals surface area contributed by atoms with Crippen molar-refractivity contribution >= 4 is 25.8 Å². The number of nitrogens with zero attached hydrogens (tertiary/aromatic N) is 1. The Balaban J connectivity index is 1.92. The molecule has 6 heteroatoms. The molecule has 1 aromatic carbocycles. The Morgan fingerprint density at radius 3 is 2.33 bits per heavy atom. The molecular weight excluding hydrogens is 318 g/mol. The van der Waals surface area contributed by atoms with Crippen LogP contribution >= 0.6 is 15.9 Å². The van der Waals surface area contributed by atoms with Crippen molar-refractivity contribution in [1.29, 1.82) is 0 Å². The molecule has 1 atom stereocenters. The van der Waals surface area contributed by atoms with E-state index in [0.717, 1.165) is 10.0 Å². The standard InChI is InChI=1S/C12H16BrNO3S/c13-11-3-1-10(2-4-11)12(15)9-14-5-7-18(16,17)8-6-14/h1-4,12,15H,5-9H2. The van der Waals surface area contributed by atoms with Gasteiger partial charge in [-0.2, -0.15) is 0 Å². The lowest BCUT2D eigenvalue weighted by Crippen LogP contribution is -2.42. The van der Waals surface area contributed by atoms with Gasteiger partial charge in [-0.05, 0) is 17.7 Å². The number of β-amino-alcohol motifs (C(OH)–C–C–N with tert-alkyl or cyclic N) is 1. The van der Waals surface area contributed by atoms with Crippen LogP contribution in [0.5, 0.6) is 0 Å². The van der Waals surface area contributed by atoms with Gasteiger partial charge in [0.2, 0.25) is 0 Å². The van der Waals surface area contributed by atoms with E-state index < -0.39 is 15.9 Å². The Morgan fingerprint density at radius 2 is 1.78 bits per heavy atom. The van der Waals surface area contributed by atoms with Gasteiger partial charge in [0.25, 0.3) is 0 Å². The highest BCUT2D eigenvalue weighted by Crippen LogP contribution is 2.18. The fraction of sp³-hybridized carbons (Fsp3) is 0.500. The second-order valence-electron chi connectivity index (χ2n) is 4.52. The van der Waals surface area contributed by atoms with Gasteiger partial charge in [-0.3, -0.25) is 4.90 Å². The highest BCUT2D eigenvalue weighted by molar-refractivity contribution is 9.10. The van der Waals surface area contributed by atoms with E-state index in [2.05, 4.69) is 15.9 Å². The lowest BCUT2D eigenvalue weighted by molar-refractivity contribution is 0.118. The number of benzene rings is 1. The van der Waals surface area contributed by atoms with Crippen LogP contribution < -0.4 is 0 Å². The molecule has 1 aliphatic rings. The summed E-state index contributed by atoms with van der Waals surface area (Å²) >= 11 is 3.35. The molecule has 1 N–H and O–H groups in total. The van der Waals surface area contributed by atoms with Gasteiger partial charge in [-0.25, -0.2) is 8.42 Å². The van der Waals surface area contributed by atoms with Crippen LogP contribution in [0.4, 0.5) is 0 Å². The highest BCUT2D eigenvalue weighted by atomic mass is 79.9. The van der Waals surface area contributed by atoms with E-state index >= 15 is 0 Å². The van der Waals surface area contributed by atoms with Crippen LogP contribution in [0.3, 0.4) is 0 Å². The first kappa shape index (κ1) is 14.0. The van der Waals surface area contributed by atoms with Crippen LogP contribution in [0.2, 0.25) is 0 Å². The Hall–Kier alpha value is -0.430. The third kappa shape index (κ3) is 3.78. The molecule has 1 unspecified atom stereocenters. The third-order valence-electron chi connectivity index (χ3n) is 3.12. The molecule has 1 aromatic rings. The molecule has 0 saturated carbocycles. The zero-order valence-electron chi connectivity index (χ0n) is 9.92. The summed E-state index contributed by atoms with van der Waals surface area (Å²) in [5.41, 5.74) is 0.853. The molecule has 18 heavy (non-hydrogen) atoms. The summed E-state index contributed by atoms with van der Waals surface area (Å²) in [7, 11) is -2.85. The van der Waals surface area contributed by atoms with Crippen LogP contribution in [-0.2, 0) is 9.84 Å². The van der Waals surface area contributed by atoms with E-state index in [1.807, 2.05) is 29.2 Å². The molecule has 0 radical (unpaired) electrons. The molecule has 100 valence electrons. The van der Waals surface area contributed by atoms with Crippen LogP contribution in [0.15, 0.2) is 28.7 Å². The number of hydrogen-bond acceptors (Lipinski definition) is 4. The fourth-order valence-corrected chi connectivity index (χ4v) is 3.51. The van der Waals surface area contributed by atoms with Crippen LogP contribution in [0.25, 0.3) is 0 Å². The summed E-state index contributed by atoms with van der Waals surface area (Å²) in [6.07, 6.45) is -0.570. The lowest BCUT2D eigenvalue weighted by Gasteiger charge is -2.28. The molecule has 1 heterocycles. The van der Waals surface area contributed by atoms with Crippen molar-refractivity contribution in [2.75, 3.05) is 31.1 Å². The first-order valence-corrected chi connectivity index (χ1v) is 8.44. The maximum Gasteiger partial charge on any atom is 0.152 e. The average Bonchev–Trinajstić information content (AvgIpc) is 2.33. The number of sulfone groups is 1. The van der Waals surface area contributed by atoms with Crippen LogP contribution in [0.1, 0.15) is 11.7 Å². The normalized spacial score (nSPS) is 21.7. The summed E-state index contributed by atoms with van der Waals surface area (Å²) in [4.78, 5) is 1.99. The smallest absolute Gasteiger partial charge is 0.152 e. The van der Waals surface area contributed by atoms with E-state index in [0.29, 0.717) is 19.6 Å². The Labute approximate surface area is 116 Å². The molecule has 1 saturated heterocycles. The van der Waals surface area contributed by atoms with Crippen molar-refractivity contribution in [2.24, 2.45) is 0 Å². The molecule has 0 bridgehead atoms. The van der Waals surface area contributed by atoms with E-state index in [9.17, 15) is 13.5 Å². The van der Waals surface area contributed by atoms with Gasteiger partial charge < -0.3 is 5.11 Å². The highest BCUT2D eigenvalue weighted by Gasteiger charge is 2.23. The fourth-order valence-electron chi connectivity index (χ4n) is 1.97. The van der Waals surface area contributed by atoms with Crippen molar-refractivity contribution in [2.45, 2.75) is 6.10 Å². The number of aliphatic hydroxyl groups excluding tert-OH is 1. The van der Waals surface area contributed by atoms with E-state index in [1.165, 1.54) is 0 Å². The van der Waals surface area contributed by atoms with Crippen molar-refractivity contribution in [3.63, 3.8) is 0 Å². The Kier molecular flexibility index (Phi) is 4.42. The third-order valence-corrected chi connectivity index (χ3v) is 5.26. The van der Waals surface area contributed by atoms with Gasteiger partial charge in [-0.1, -0.05) is 28.1 Å². The second kappa shape index (κ2) is 5.69. The van der Waals surface area contributed by atoms with Gasteiger partial charge in [0.1, 0.15) is 0 Å². The molecule has 1 aliphatic heterocycles. The summed E-state index contributed by atoms with van der Waals surface area (Å²) in [6.45, 7) is 1.50. The number of halogens is 1. The van der Waals surface area contributed by atoms with Crippen molar-refractivity contribution in [3.8, 4) is 0 Å². The number of hydrogen-bond donors (Lipinski definition) is 1. The molecule has 1 fully saturated rings. The maximum absolute atomic E-state index is 11.3. The van der Waals surface area contributed by atoms with Gasteiger partial charge >= 0.3 is 0 Å². The average molecular weight is 334 g/mol. The second-order valence-corrected chi connectivity index (χ2v) is 7.74. The quantitative estimate of drug-likeness (QED) is 0.903. The van der Waals surface area contributed by atoms with Crippen molar-refractivity contribution in [1.82, 2.24) is 4.90 Å². The lowest BCUT2D eigenvalue weighted by atomic mass is 10.1. The van der Waals surface area contributed by atoms with Gasteiger partial charge in [0.05, 0.1) is 17.6 Å². The summed E-state index contributed by atoms with van der Waals surface area (Å²) < 4.78 is 23.6. The van der Waals surface area contributed by atoms with E-state index in [4.69, 9.17) is 0 Å². The predicted molar refractivity (Wildman–Crippen MR) is 74.2 cm³/mol. The molecule has 0 aliphatic carbocycles. The summed E-state index contributed by atoms with van der Waals surface area (Å²) in [5.74, 6) is 0.389. The zero-order chi connectivity index (χ0) is 13.2. The zero-order valence-corrected chi connectivity index (χ0v) is 12.3.